The van der Waals surface area contributed by atoms with E-state index >= 15 is 0 Å². The molecule has 1 unspecified atom stereocenters. The quantitative estimate of drug-likeness (QED) is 0.829. The summed E-state index contributed by atoms with van der Waals surface area (Å²) in [6, 6.07) is 14.0. The molecule has 1 atom stereocenters. The van der Waals surface area contributed by atoms with E-state index in [1.165, 1.54) is 11.1 Å². The largest absolute Gasteiger partial charge is 0.497 e. The number of hydrogen-bond donors (Lipinski definition) is 2. The van der Waals surface area contributed by atoms with Gasteiger partial charge in [0.15, 0.2) is 0 Å². The van der Waals surface area contributed by atoms with E-state index in [9.17, 15) is 4.79 Å². The average molecular weight is 324 g/mol. The number of fused-ring (bicyclic) bond motifs is 1. The van der Waals surface area contributed by atoms with Crippen molar-refractivity contribution in [1.29, 1.82) is 0 Å². The number of methoxy groups -OCH3 is 1. The third-order valence-electron chi connectivity index (χ3n) is 4.59. The van der Waals surface area contributed by atoms with Crippen LogP contribution in [0.1, 0.15) is 42.0 Å². The summed E-state index contributed by atoms with van der Waals surface area (Å²) < 4.78 is 5.22. The molecule has 1 aliphatic rings. The lowest BCUT2D eigenvalue weighted by molar-refractivity contribution is -0.121. The first kappa shape index (κ1) is 16.4. The van der Waals surface area contributed by atoms with E-state index in [0.29, 0.717) is 12.8 Å². The van der Waals surface area contributed by atoms with Gasteiger partial charge in [0.25, 0.3) is 0 Å². The van der Waals surface area contributed by atoms with Gasteiger partial charge in [0.2, 0.25) is 5.91 Å². The summed E-state index contributed by atoms with van der Waals surface area (Å²) in [6.07, 6.45) is 4.30. The van der Waals surface area contributed by atoms with E-state index < -0.39 is 0 Å². The van der Waals surface area contributed by atoms with Crippen molar-refractivity contribution >= 4 is 11.6 Å². The summed E-state index contributed by atoms with van der Waals surface area (Å²) in [7, 11) is 1.65. The molecule has 4 nitrogen and oxygen atoms in total. The van der Waals surface area contributed by atoms with E-state index in [1.807, 2.05) is 36.4 Å². The molecular formula is C20H24N2O2. The maximum absolute atomic E-state index is 12.3. The number of nitrogen functional groups attached to an aromatic ring is 1. The van der Waals surface area contributed by atoms with Crippen molar-refractivity contribution in [3.05, 3.63) is 59.2 Å². The van der Waals surface area contributed by atoms with Gasteiger partial charge in [-0.2, -0.15) is 0 Å². The molecule has 0 aromatic heterocycles. The number of carbonyl (C=O) groups excluding carboxylic acids is 1. The van der Waals surface area contributed by atoms with Crippen LogP contribution in [-0.2, 0) is 17.6 Å². The van der Waals surface area contributed by atoms with Crippen LogP contribution in [0.15, 0.2) is 42.5 Å². The molecule has 126 valence electrons. The maximum Gasteiger partial charge on any atom is 0.220 e. The van der Waals surface area contributed by atoms with Gasteiger partial charge >= 0.3 is 0 Å². The van der Waals surface area contributed by atoms with Gasteiger partial charge in [0.1, 0.15) is 5.75 Å². The van der Waals surface area contributed by atoms with Crippen LogP contribution in [0.4, 0.5) is 5.69 Å². The fraction of sp³-hybridized carbons (Fsp3) is 0.350. The summed E-state index contributed by atoms with van der Waals surface area (Å²) in [4.78, 5) is 12.3. The minimum absolute atomic E-state index is 0.0903. The molecule has 0 saturated heterocycles. The summed E-state index contributed by atoms with van der Waals surface area (Å²) in [5, 5.41) is 3.18. The SMILES string of the molecule is COc1cccc(CCC(=O)NC2CCCc3cc(N)ccc32)c1. The Balaban J connectivity index is 1.59. The summed E-state index contributed by atoms with van der Waals surface area (Å²) in [5.41, 5.74) is 10.2. The van der Waals surface area contributed by atoms with Gasteiger partial charge in [-0.05, 0) is 66.6 Å². The Kier molecular flexibility index (Phi) is 5.04. The predicted molar refractivity (Wildman–Crippen MR) is 96.0 cm³/mol. The lowest BCUT2D eigenvalue weighted by Crippen LogP contribution is -2.31. The highest BCUT2D eigenvalue weighted by molar-refractivity contribution is 5.77. The Morgan fingerprint density at radius 3 is 3.00 bits per heavy atom. The van der Waals surface area contributed by atoms with Gasteiger partial charge in [0, 0.05) is 12.1 Å². The molecule has 0 bridgehead atoms. The van der Waals surface area contributed by atoms with Crippen LogP contribution in [-0.4, -0.2) is 13.0 Å². The van der Waals surface area contributed by atoms with Crippen LogP contribution >= 0.6 is 0 Å². The smallest absolute Gasteiger partial charge is 0.220 e. The number of rotatable bonds is 5. The normalized spacial score (nSPS) is 16.3. The van der Waals surface area contributed by atoms with Crippen molar-refractivity contribution in [2.75, 3.05) is 12.8 Å². The fourth-order valence-corrected chi connectivity index (χ4v) is 3.34. The second-order valence-electron chi connectivity index (χ2n) is 6.32. The van der Waals surface area contributed by atoms with Crippen molar-refractivity contribution < 1.29 is 9.53 Å². The minimum atomic E-state index is 0.0903. The van der Waals surface area contributed by atoms with Gasteiger partial charge in [-0.3, -0.25) is 4.79 Å². The minimum Gasteiger partial charge on any atom is -0.497 e. The van der Waals surface area contributed by atoms with Crippen LogP contribution in [0, 0.1) is 0 Å². The Bertz CT molecular complexity index is 727. The maximum atomic E-state index is 12.3. The zero-order chi connectivity index (χ0) is 16.9. The molecule has 0 heterocycles. The van der Waals surface area contributed by atoms with Crippen LogP contribution in [0.5, 0.6) is 5.75 Å². The number of carbonyl (C=O) groups is 1. The third-order valence-corrected chi connectivity index (χ3v) is 4.59. The molecule has 3 rings (SSSR count). The molecule has 0 fully saturated rings. The van der Waals surface area contributed by atoms with E-state index in [-0.39, 0.29) is 11.9 Å². The third kappa shape index (κ3) is 3.88. The Labute approximate surface area is 143 Å². The number of nitrogens with one attached hydrogen (secondary N) is 1. The molecule has 1 amide bonds. The molecule has 0 radical (unpaired) electrons. The van der Waals surface area contributed by atoms with E-state index in [2.05, 4.69) is 11.4 Å². The summed E-state index contributed by atoms with van der Waals surface area (Å²) in [5.74, 6) is 0.916. The Morgan fingerprint density at radius 2 is 2.17 bits per heavy atom. The molecule has 0 aliphatic heterocycles. The molecule has 2 aromatic rings. The number of aryl methyl sites for hydroxylation is 2. The van der Waals surface area contributed by atoms with Gasteiger partial charge < -0.3 is 15.8 Å². The Hall–Kier alpha value is -2.49. The zero-order valence-electron chi connectivity index (χ0n) is 14.0. The van der Waals surface area contributed by atoms with E-state index in [1.54, 1.807) is 7.11 Å². The molecule has 1 aliphatic carbocycles. The van der Waals surface area contributed by atoms with Gasteiger partial charge in [-0.25, -0.2) is 0 Å². The monoisotopic (exact) mass is 324 g/mol. The number of amides is 1. The zero-order valence-corrected chi connectivity index (χ0v) is 14.0. The highest BCUT2D eigenvalue weighted by Crippen LogP contribution is 2.31. The van der Waals surface area contributed by atoms with Gasteiger partial charge in [0.05, 0.1) is 13.2 Å². The molecule has 24 heavy (non-hydrogen) atoms. The van der Waals surface area contributed by atoms with Crippen molar-refractivity contribution in [1.82, 2.24) is 5.32 Å². The van der Waals surface area contributed by atoms with Gasteiger partial charge in [-0.1, -0.05) is 18.2 Å². The first-order valence-corrected chi connectivity index (χ1v) is 8.46. The molecule has 4 heteroatoms. The van der Waals surface area contributed by atoms with Gasteiger partial charge in [-0.15, -0.1) is 0 Å². The molecular weight excluding hydrogens is 300 g/mol. The van der Waals surface area contributed by atoms with Crippen LogP contribution in [0.25, 0.3) is 0 Å². The van der Waals surface area contributed by atoms with Crippen molar-refractivity contribution in [2.24, 2.45) is 0 Å². The van der Waals surface area contributed by atoms with Crippen molar-refractivity contribution in [3.63, 3.8) is 0 Å². The van der Waals surface area contributed by atoms with E-state index in [4.69, 9.17) is 10.5 Å². The second kappa shape index (κ2) is 7.39. The molecule has 2 aromatic carbocycles. The van der Waals surface area contributed by atoms with Crippen molar-refractivity contribution in [3.8, 4) is 5.75 Å². The first-order chi connectivity index (χ1) is 11.7. The van der Waals surface area contributed by atoms with Crippen LogP contribution < -0.4 is 15.8 Å². The number of benzene rings is 2. The second-order valence-corrected chi connectivity index (χ2v) is 6.32. The lowest BCUT2D eigenvalue weighted by atomic mass is 9.87. The Morgan fingerprint density at radius 1 is 1.29 bits per heavy atom. The molecule has 3 N–H and O–H groups in total. The summed E-state index contributed by atoms with van der Waals surface area (Å²) >= 11 is 0. The van der Waals surface area contributed by atoms with Crippen LogP contribution in [0.3, 0.4) is 0 Å². The van der Waals surface area contributed by atoms with Crippen LogP contribution in [0.2, 0.25) is 0 Å². The number of ether oxygens (including phenoxy) is 1. The lowest BCUT2D eigenvalue weighted by Gasteiger charge is -2.26. The molecule has 0 spiro atoms. The topological polar surface area (TPSA) is 64.3 Å². The number of hydrogen-bond acceptors (Lipinski definition) is 3. The number of anilines is 1. The fourth-order valence-electron chi connectivity index (χ4n) is 3.34. The standard InChI is InChI=1S/C20H24N2O2/c1-24-17-6-2-4-14(12-17)8-11-20(23)22-19-7-3-5-15-13-16(21)9-10-18(15)19/h2,4,6,9-10,12-13,19H,3,5,7-8,11,21H2,1H3,(H,22,23). The predicted octanol–water partition coefficient (Wildman–Crippen LogP) is 3.40. The average Bonchev–Trinajstić information content (AvgIpc) is 2.60. The highest BCUT2D eigenvalue weighted by Gasteiger charge is 2.21. The van der Waals surface area contributed by atoms with Crippen molar-refractivity contribution in [2.45, 2.75) is 38.1 Å². The molecule has 0 saturated carbocycles. The van der Waals surface area contributed by atoms with E-state index in [0.717, 1.165) is 36.3 Å². The highest BCUT2D eigenvalue weighted by atomic mass is 16.5. The first-order valence-electron chi connectivity index (χ1n) is 8.46. The summed E-state index contributed by atoms with van der Waals surface area (Å²) in [6.45, 7) is 0. The number of nitrogens with two attached hydrogens (primary N) is 1.